The van der Waals surface area contributed by atoms with Crippen molar-refractivity contribution in [3.63, 3.8) is 0 Å². The maximum atomic E-state index is 5.89. The van der Waals surface area contributed by atoms with Gasteiger partial charge in [-0.15, -0.1) is 12.4 Å². The number of ether oxygens (including phenoxy) is 1. The number of rotatable bonds is 2. The van der Waals surface area contributed by atoms with Crippen LogP contribution in [0.1, 0.15) is 12.8 Å². The van der Waals surface area contributed by atoms with Crippen molar-refractivity contribution >= 4 is 24.0 Å². The molecule has 84 valence electrons. The van der Waals surface area contributed by atoms with Crippen LogP contribution in [0.3, 0.4) is 0 Å². The number of hydrogen-bond acceptors (Lipinski definition) is 3. The Morgan fingerprint density at radius 3 is 3.07 bits per heavy atom. The highest BCUT2D eigenvalue weighted by Gasteiger charge is 2.15. The van der Waals surface area contributed by atoms with Crippen molar-refractivity contribution in [1.82, 2.24) is 10.3 Å². The predicted octanol–water partition coefficient (Wildman–Crippen LogP) is 2.29. The average molecular weight is 249 g/mol. The summed E-state index contributed by atoms with van der Waals surface area (Å²) in [5, 5.41) is 3.73. The van der Waals surface area contributed by atoms with Gasteiger partial charge in [-0.25, -0.2) is 4.98 Å². The smallest absolute Gasteiger partial charge is 0.171 e. The van der Waals surface area contributed by atoms with E-state index in [1.807, 2.05) is 12.1 Å². The van der Waals surface area contributed by atoms with E-state index in [1.165, 1.54) is 0 Å². The molecule has 3 nitrogen and oxygen atoms in total. The van der Waals surface area contributed by atoms with Gasteiger partial charge in [0.05, 0.1) is 0 Å². The van der Waals surface area contributed by atoms with Crippen molar-refractivity contribution < 1.29 is 4.74 Å². The summed E-state index contributed by atoms with van der Waals surface area (Å²) in [5.41, 5.74) is 0. The highest BCUT2D eigenvalue weighted by molar-refractivity contribution is 6.30. The molecule has 1 aromatic heterocycles. The number of pyridine rings is 1. The zero-order valence-electron chi connectivity index (χ0n) is 8.28. The molecule has 0 amide bonds. The zero-order valence-corrected chi connectivity index (χ0v) is 9.85. The van der Waals surface area contributed by atoms with E-state index >= 15 is 0 Å². The van der Waals surface area contributed by atoms with E-state index in [0.717, 1.165) is 25.9 Å². The third-order valence-electron chi connectivity index (χ3n) is 2.27. The maximum Gasteiger partial charge on any atom is 0.171 e. The molecule has 2 heterocycles. The Bertz CT molecular complexity index is 303. The first kappa shape index (κ1) is 12.6. The minimum atomic E-state index is 0. The van der Waals surface area contributed by atoms with Gasteiger partial charge in [-0.1, -0.05) is 11.6 Å². The molecule has 1 saturated heterocycles. The zero-order chi connectivity index (χ0) is 9.80. The molecule has 0 aliphatic carbocycles. The third kappa shape index (κ3) is 3.52. The van der Waals surface area contributed by atoms with Crippen LogP contribution < -0.4 is 10.1 Å². The minimum Gasteiger partial charge on any atom is -0.486 e. The van der Waals surface area contributed by atoms with Crippen molar-refractivity contribution in [2.45, 2.75) is 18.9 Å². The van der Waals surface area contributed by atoms with Gasteiger partial charge < -0.3 is 10.1 Å². The Morgan fingerprint density at radius 1 is 1.53 bits per heavy atom. The molecule has 2 rings (SSSR count). The number of aromatic nitrogens is 1. The monoisotopic (exact) mass is 248 g/mol. The lowest BCUT2D eigenvalue weighted by Gasteiger charge is -2.23. The van der Waals surface area contributed by atoms with Gasteiger partial charge in [-0.2, -0.15) is 0 Å². The van der Waals surface area contributed by atoms with Gasteiger partial charge in [-0.3, -0.25) is 0 Å². The molecule has 0 spiro atoms. The number of nitrogens with zero attached hydrogens (tertiary/aromatic N) is 1. The Labute approximate surface area is 101 Å². The molecule has 1 unspecified atom stereocenters. The molecular formula is C10H14Cl2N2O. The standard InChI is InChI=1S/C10H13ClN2O.ClH/c11-10-9(4-2-6-13-10)14-8-3-1-5-12-7-8;/h2,4,6,8,12H,1,3,5,7H2;1H. The van der Waals surface area contributed by atoms with Crippen LogP contribution in [0.25, 0.3) is 0 Å². The van der Waals surface area contributed by atoms with Crippen LogP contribution >= 0.6 is 24.0 Å². The van der Waals surface area contributed by atoms with Crippen LogP contribution in [-0.4, -0.2) is 24.2 Å². The summed E-state index contributed by atoms with van der Waals surface area (Å²) in [6.07, 6.45) is 4.13. The number of halogens is 2. The Hall–Kier alpha value is -0.510. The van der Waals surface area contributed by atoms with Crippen molar-refractivity contribution in [3.05, 3.63) is 23.5 Å². The third-order valence-corrected chi connectivity index (χ3v) is 2.55. The molecule has 0 saturated carbocycles. The molecule has 1 atom stereocenters. The molecule has 1 N–H and O–H groups in total. The van der Waals surface area contributed by atoms with E-state index in [2.05, 4.69) is 10.3 Å². The van der Waals surface area contributed by atoms with Crippen molar-refractivity contribution in [3.8, 4) is 5.75 Å². The average Bonchev–Trinajstić information content (AvgIpc) is 2.23. The number of hydrogen-bond donors (Lipinski definition) is 1. The second-order valence-electron chi connectivity index (χ2n) is 3.38. The second-order valence-corrected chi connectivity index (χ2v) is 3.74. The summed E-state index contributed by atoms with van der Waals surface area (Å²) < 4.78 is 5.73. The lowest BCUT2D eigenvalue weighted by molar-refractivity contribution is 0.166. The molecule has 1 aliphatic rings. The first-order valence-electron chi connectivity index (χ1n) is 4.84. The van der Waals surface area contributed by atoms with Gasteiger partial charge in [0.15, 0.2) is 10.9 Å². The SMILES string of the molecule is Cl.Clc1ncccc1OC1CCCNC1. The van der Waals surface area contributed by atoms with Crippen molar-refractivity contribution in [2.75, 3.05) is 13.1 Å². The van der Waals surface area contributed by atoms with E-state index in [0.29, 0.717) is 10.9 Å². The van der Waals surface area contributed by atoms with Crippen LogP contribution in [-0.2, 0) is 0 Å². The van der Waals surface area contributed by atoms with Gasteiger partial charge in [0.1, 0.15) is 6.10 Å². The molecule has 15 heavy (non-hydrogen) atoms. The molecular weight excluding hydrogens is 235 g/mol. The van der Waals surface area contributed by atoms with Gasteiger partial charge in [0.2, 0.25) is 0 Å². The van der Waals surface area contributed by atoms with Crippen LogP contribution in [0.2, 0.25) is 5.15 Å². The summed E-state index contributed by atoms with van der Waals surface area (Å²) in [6, 6.07) is 3.68. The van der Waals surface area contributed by atoms with Gasteiger partial charge in [-0.05, 0) is 31.5 Å². The largest absolute Gasteiger partial charge is 0.486 e. The highest BCUT2D eigenvalue weighted by atomic mass is 35.5. The highest BCUT2D eigenvalue weighted by Crippen LogP contribution is 2.22. The normalized spacial score (nSPS) is 20.5. The van der Waals surface area contributed by atoms with E-state index < -0.39 is 0 Å². The fraction of sp³-hybridized carbons (Fsp3) is 0.500. The Kier molecular flexibility index (Phi) is 5.15. The number of piperidine rings is 1. The summed E-state index contributed by atoms with van der Waals surface area (Å²) in [6.45, 7) is 1.98. The van der Waals surface area contributed by atoms with Crippen molar-refractivity contribution in [1.29, 1.82) is 0 Å². The summed E-state index contributed by atoms with van der Waals surface area (Å²) in [4.78, 5) is 3.96. The summed E-state index contributed by atoms with van der Waals surface area (Å²) >= 11 is 5.89. The quantitative estimate of drug-likeness (QED) is 0.816. The van der Waals surface area contributed by atoms with Crippen molar-refractivity contribution in [2.24, 2.45) is 0 Å². The predicted molar refractivity (Wildman–Crippen MR) is 63.0 cm³/mol. The molecule has 1 fully saturated rings. The van der Waals surface area contributed by atoms with Gasteiger partial charge in [0, 0.05) is 12.7 Å². The Morgan fingerprint density at radius 2 is 2.40 bits per heavy atom. The van der Waals surface area contributed by atoms with Gasteiger partial charge in [0.25, 0.3) is 0 Å². The number of nitrogens with one attached hydrogen (secondary N) is 1. The lowest BCUT2D eigenvalue weighted by atomic mass is 10.1. The fourth-order valence-electron chi connectivity index (χ4n) is 1.56. The molecule has 0 radical (unpaired) electrons. The van der Waals surface area contributed by atoms with Crippen LogP contribution in [0.4, 0.5) is 0 Å². The van der Waals surface area contributed by atoms with E-state index in [4.69, 9.17) is 16.3 Å². The van der Waals surface area contributed by atoms with Gasteiger partial charge >= 0.3 is 0 Å². The molecule has 0 bridgehead atoms. The second kappa shape index (κ2) is 6.16. The molecule has 1 aliphatic heterocycles. The fourth-order valence-corrected chi connectivity index (χ4v) is 1.72. The molecule has 0 aromatic carbocycles. The first-order valence-corrected chi connectivity index (χ1v) is 5.22. The van der Waals surface area contributed by atoms with E-state index in [-0.39, 0.29) is 18.5 Å². The van der Waals surface area contributed by atoms with Crippen LogP contribution in [0.5, 0.6) is 5.75 Å². The lowest BCUT2D eigenvalue weighted by Crippen LogP contribution is -2.37. The molecule has 5 heteroatoms. The van der Waals surface area contributed by atoms with Crippen LogP contribution in [0.15, 0.2) is 18.3 Å². The topological polar surface area (TPSA) is 34.1 Å². The van der Waals surface area contributed by atoms with E-state index in [1.54, 1.807) is 6.20 Å². The summed E-state index contributed by atoms with van der Waals surface area (Å²) in [7, 11) is 0. The van der Waals surface area contributed by atoms with Crippen LogP contribution in [0, 0.1) is 0 Å². The Balaban J connectivity index is 0.00000112. The minimum absolute atomic E-state index is 0. The maximum absolute atomic E-state index is 5.89. The first-order chi connectivity index (χ1) is 6.86. The molecule has 1 aromatic rings. The van der Waals surface area contributed by atoms with E-state index in [9.17, 15) is 0 Å². The summed E-state index contributed by atoms with van der Waals surface area (Å²) in [5.74, 6) is 0.683.